The zero-order valence-corrected chi connectivity index (χ0v) is 11.7. The van der Waals surface area contributed by atoms with E-state index in [-0.39, 0.29) is 23.4 Å². The van der Waals surface area contributed by atoms with Gasteiger partial charge in [-0.15, -0.1) is 0 Å². The molecule has 0 saturated heterocycles. The van der Waals surface area contributed by atoms with Crippen molar-refractivity contribution < 1.29 is 24.0 Å². The average Bonchev–Trinajstić information content (AvgIpc) is 2.46. The minimum absolute atomic E-state index is 0.0406. The van der Waals surface area contributed by atoms with Crippen LogP contribution >= 0.6 is 0 Å². The van der Waals surface area contributed by atoms with E-state index in [4.69, 9.17) is 5.26 Å². The van der Waals surface area contributed by atoms with E-state index in [0.717, 1.165) is 19.1 Å². The van der Waals surface area contributed by atoms with Crippen molar-refractivity contribution in [2.24, 2.45) is 0 Å². The highest BCUT2D eigenvalue weighted by Gasteiger charge is 2.24. The van der Waals surface area contributed by atoms with Gasteiger partial charge in [0.2, 0.25) is 0 Å². The third-order valence-corrected chi connectivity index (χ3v) is 2.54. The molecule has 1 amide bonds. The molecule has 0 aliphatic heterocycles. The summed E-state index contributed by atoms with van der Waals surface area (Å²) in [5, 5.41) is 22.0. The van der Waals surface area contributed by atoms with Crippen molar-refractivity contribution >= 4 is 29.0 Å². The van der Waals surface area contributed by atoms with Crippen LogP contribution in [0.3, 0.4) is 0 Å². The zero-order valence-electron chi connectivity index (χ0n) is 11.7. The number of nitro benzene ring substituents is 1. The summed E-state index contributed by atoms with van der Waals surface area (Å²) in [6.07, 6.45) is 0. The maximum atomic E-state index is 11.5. The molecule has 1 aromatic rings. The first kappa shape index (κ1) is 16.8. The molecule has 22 heavy (non-hydrogen) atoms. The maximum Gasteiger partial charge on any atom is 0.397 e. The number of nitriles is 1. The van der Waals surface area contributed by atoms with Gasteiger partial charge in [-0.25, -0.2) is 4.79 Å². The lowest BCUT2D eigenvalue weighted by molar-refractivity contribution is -0.384. The number of carbonyl (C=O) groups excluding carboxylic acids is 3. The van der Waals surface area contributed by atoms with Crippen molar-refractivity contribution in [2.75, 3.05) is 11.9 Å². The van der Waals surface area contributed by atoms with Gasteiger partial charge in [-0.05, 0) is 19.9 Å². The number of carbonyl (C=O) groups is 3. The summed E-state index contributed by atoms with van der Waals surface area (Å²) in [5.74, 6) is -2.97. The molecular weight excluding hydrogens is 294 g/mol. The summed E-state index contributed by atoms with van der Waals surface area (Å²) in [6.45, 7) is 2.60. The van der Waals surface area contributed by atoms with E-state index in [9.17, 15) is 24.5 Å². The molecule has 1 rings (SSSR count). The second-order valence-corrected chi connectivity index (χ2v) is 4.01. The zero-order chi connectivity index (χ0) is 16.9. The second-order valence-electron chi connectivity index (χ2n) is 4.01. The van der Waals surface area contributed by atoms with Gasteiger partial charge in [-0.1, -0.05) is 0 Å². The molecular formula is C13H11N3O6. The van der Waals surface area contributed by atoms with Crippen LogP contribution in [0.15, 0.2) is 12.1 Å². The minimum atomic E-state index is -1.22. The predicted molar refractivity (Wildman–Crippen MR) is 73.1 cm³/mol. The number of benzene rings is 1. The van der Waals surface area contributed by atoms with Gasteiger partial charge >= 0.3 is 11.9 Å². The van der Waals surface area contributed by atoms with Gasteiger partial charge in [0.05, 0.1) is 23.2 Å². The quantitative estimate of drug-likeness (QED) is 0.289. The Hall–Kier alpha value is -3.28. The van der Waals surface area contributed by atoms with Crippen molar-refractivity contribution in [1.29, 1.82) is 5.26 Å². The molecule has 0 saturated carbocycles. The summed E-state index contributed by atoms with van der Waals surface area (Å²) in [4.78, 5) is 44.3. The third-order valence-electron chi connectivity index (χ3n) is 2.54. The van der Waals surface area contributed by atoms with Crippen LogP contribution in [0.2, 0.25) is 0 Å². The number of hydrogen-bond acceptors (Lipinski definition) is 7. The van der Waals surface area contributed by atoms with Crippen LogP contribution in [-0.2, 0) is 14.3 Å². The van der Waals surface area contributed by atoms with Crippen LogP contribution in [-0.4, -0.2) is 29.2 Å². The molecule has 0 aromatic heterocycles. The second kappa shape index (κ2) is 6.94. The number of nitrogens with zero attached hydrogens (tertiary/aromatic N) is 2. The molecule has 9 nitrogen and oxygen atoms in total. The number of anilines is 1. The number of Topliss-reactive ketones (excluding diaryl/α,β-unsaturated/α-hetero) is 1. The van der Waals surface area contributed by atoms with Crippen LogP contribution in [0.5, 0.6) is 0 Å². The molecule has 0 fully saturated rings. The maximum absolute atomic E-state index is 11.5. The van der Waals surface area contributed by atoms with Gasteiger partial charge < -0.3 is 10.1 Å². The molecule has 0 aliphatic carbocycles. The molecule has 0 aliphatic rings. The Balaban J connectivity index is 3.32. The standard InChI is InChI=1S/C13H11N3O6/c1-3-22-13(19)12(18)15-10-4-8(6-14)9(7(2)17)5-11(10)16(20)21/h4-5H,3H2,1-2H3,(H,15,18). The fourth-order valence-corrected chi connectivity index (χ4v) is 1.59. The van der Waals surface area contributed by atoms with E-state index in [1.807, 2.05) is 5.32 Å². The Morgan fingerprint density at radius 1 is 1.41 bits per heavy atom. The first-order valence-corrected chi connectivity index (χ1v) is 6.03. The summed E-state index contributed by atoms with van der Waals surface area (Å²) >= 11 is 0. The van der Waals surface area contributed by atoms with E-state index in [1.54, 1.807) is 6.07 Å². The van der Waals surface area contributed by atoms with Gasteiger partial charge in [0.15, 0.2) is 5.78 Å². The Morgan fingerprint density at radius 3 is 2.50 bits per heavy atom. The molecule has 9 heteroatoms. The summed E-state index contributed by atoms with van der Waals surface area (Å²) < 4.78 is 4.45. The number of esters is 1. The summed E-state index contributed by atoms with van der Waals surface area (Å²) in [5.41, 5.74) is -1.29. The van der Waals surface area contributed by atoms with Crippen LogP contribution in [0.1, 0.15) is 29.8 Å². The smallest absolute Gasteiger partial charge is 0.397 e. The Kier molecular flexibility index (Phi) is 5.29. The lowest BCUT2D eigenvalue weighted by atomic mass is 10.0. The number of nitro groups is 1. The first-order chi connectivity index (χ1) is 10.3. The molecule has 0 spiro atoms. The Bertz CT molecular complexity index is 704. The van der Waals surface area contributed by atoms with Crippen LogP contribution in [0.25, 0.3) is 0 Å². The van der Waals surface area contributed by atoms with Crippen molar-refractivity contribution in [3.63, 3.8) is 0 Å². The van der Waals surface area contributed by atoms with Crippen molar-refractivity contribution in [3.05, 3.63) is 33.4 Å². The number of amides is 1. The molecule has 0 atom stereocenters. The monoisotopic (exact) mass is 305 g/mol. The summed E-state index contributed by atoms with van der Waals surface area (Å²) in [6, 6.07) is 3.54. The van der Waals surface area contributed by atoms with E-state index in [1.165, 1.54) is 6.92 Å². The topological polar surface area (TPSA) is 139 Å². The first-order valence-electron chi connectivity index (χ1n) is 6.03. The van der Waals surface area contributed by atoms with Gasteiger partial charge in [0, 0.05) is 11.6 Å². The number of ketones is 1. The Labute approximate surface area is 124 Å². The van der Waals surface area contributed by atoms with E-state index >= 15 is 0 Å². The highest BCUT2D eigenvalue weighted by Crippen LogP contribution is 2.28. The van der Waals surface area contributed by atoms with E-state index in [0.29, 0.717) is 0 Å². The predicted octanol–water partition coefficient (Wildman–Crippen LogP) is 1.17. The Morgan fingerprint density at radius 2 is 2.05 bits per heavy atom. The van der Waals surface area contributed by atoms with Gasteiger partial charge in [-0.2, -0.15) is 5.26 Å². The fraction of sp³-hybridized carbons (Fsp3) is 0.231. The number of ether oxygens (including phenoxy) is 1. The number of nitrogens with one attached hydrogen (secondary N) is 1. The van der Waals surface area contributed by atoms with Gasteiger partial charge in [0.1, 0.15) is 5.69 Å². The molecule has 1 aromatic carbocycles. The fourth-order valence-electron chi connectivity index (χ4n) is 1.59. The highest BCUT2D eigenvalue weighted by molar-refractivity contribution is 6.37. The van der Waals surface area contributed by atoms with E-state index in [2.05, 4.69) is 4.74 Å². The number of rotatable bonds is 4. The minimum Gasteiger partial charge on any atom is -0.459 e. The lowest BCUT2D eigenvalue weighted by Gasteiger charge is -2.08. The van der Waals surface area contributed by atoms with E-state index < -0.39 is 28.3 Å². The van der Waals surface area contributed by atoms with Gasteiger partial charge in [-0.3, -0.25) is 19.7 Å². The summed E-state index contributed by atoms with van der Waals surface area (Å²) in [7, 11) is 0. The van der Waals surface area contributed by atoms with Crippen molar-refractivity contribution in [3.8, 4) is 6.07 Å². The SMILES string of the molecule is CCOC(=O)C(=O)Nc1cc(C#N)c(C(C)=O)cc1[N+](=O)[O-]. The largest absolute Gasteiger partial charge is 0.459 e. The van der Waals surface area contributed by atoms with Crippen LogP contribution < -0.4 is 5.32 Å². The molecule has 0 heterocycles. The van der Waals surface area contributed by atoms with Crippen LogP contribution in [0.4, 0.5) is 11.4 Å². The molecule has 114 valence electrons. The molecule has 0 bridgehead atoms. The average molecular weight is 305 g/mol. The number of hydrogen-bond donors (Lipinski definition) is 1. The molecule has 0 radical (unpaired) electrons. The van der Waals surface area contributed by atoms with Crippen LogP contribution in [0, 0.1) is 21.4 Å². The molecule has 0 unspecified atom stereocenters. The molecule has 1 N–H and O–H groups in total. The van der Waals surface area contributed by atoms with Crippen molar-refractivity contribution in [2.45, 2.75) is 13.8 Å². The van der Waals surface area contributed by atoms with Gasteiger partial charge in [0.25, 0.3) is 5.69 Å². The lowest BCUT2D eigenvalue weighted by Crippen LogP contribution is -2.25. The third kappa shape index (κ3) is 3.63. The highest BCUT2D eigenvalue weighted by atomic mass is 16.6. The van der Waals surface area contributed by atoms with Crippen molar-refractivity contribution in [1.82, 2.24) is 0 Å². The normalized spacial score (nSPS) is 9.50.